The third kappa shape index (κ3) is 3.47. The first-order chi connectivity index (χ1) is 8.29. The molecule has 0 bridgehead atoms. The molecule has 2 atom stereocenters. The Morgan fingerprint density at radius 3 is 3.00 bits per heavy atom. The highest BCUT2D eigenvalue weighted by atomic mass is 16.5. The van der Waals surface area contributed by atoms with Gasteiger partial charge >= 0.3 is 0 Å². The van der Waals surface area contributed by atoms with Crippen LogP contribution in [0.3, 0.4) is 0 Å². The lowest BCUT2D eigenvalue weighted by molar-refractivity contribution is 0.309. The maximum Gasteiger partial charge on any atom is 0.119 e. The first kappa shape index (κ1) is 12.4. The van der Waals surface area contributed by atoms with E-state index in [1.807, 2.05) is 0 Å². The molecular formula is C15H23NO. The first-order valence-electron chi connectivity index (χ1n) is 6.75. The molecule has 1 saturated heterocycles. The molecule has 2 nitrogen and oxygen atoms in total. The fourth-order valence-corrected chi connectivity index (χ4v) is 2.32. The molecule has 1 aromatic carbocycles. The fourth-order valence-electron chi connectivity index (χ4n) is 2.32. The van der Waals surface area contributed by atoms with Gasteiger partial charge in [0.2, 0.25) is 0 Å². The van der Waals surface area contributed by atoms with Gasteiger partial charge in [-0.3, -0.25) is 0 Å². The van der Waals surface area contributed by atoms with Crippen molar-refractivity contribution in [2.75, 3.05) is 13.2 Å². The number of unbranched alkanes of at least 4 members (excludes halogenated alkanes) is 1. The Morgan fingerprint density at radius 2 is 2.29 bits per heavy atom. The van der Waals surface area contributed by atoms with Crippen molar-refractivity contribution in [1.82, 2.24) is 5.32 Å². The van der Waals surface area contributed by atoms with Crippen LogP contribution < -0.4 is 10.1 Å². The van der Waals surface area contributed by atoms with Gasteiger partial charge in [0.05, 0.1) is 6.61 Å². The van der Waals surface area contributed by atoms with Crippen LogP contribution in [0.25, 0.3) is 0 Å². The van der Waals surface area contributed by atoms with Crippen molar-refractivity contribution in [3.05, 3.63) is 29.8 Å². The number of nitrogens with one attached hydrogen (secondary N) is 1. The summed E-state index contributed by atoms with van der Waals surface area (Å²) in [6.45, 7) is 6.44. The van der Waals surface area contributed by atoms with Crippen molar-refractivity contribution < 1.29 is 4.74 Å². The molecule has 2 heteroatoms. The zero-order valence-electron chi connectivity index (χ0n) is 10.9. The van der Waals surface area contributed by atoms with Crippen LogP contribution in [-0.4, -0.2) is 13.2 Å². The Bertz CT molecular complexity index is 351. The van der Waals surface area contributed by atoms with E-state index in [0.717, 1.165) is 31.2 Å². The molecule has 0 aliphatic carbocycles. The Balaban J connectivity index is 1.96. The zero-order chi connectivity index (χ0) is 12.1. The highest BCUT2D eigenvalue weighted by Crippen LogP contribution is 2.28. The van der Waals surface area contributed by atoms with E-state index in [1.54, 1.807) is 0 Å². The molecule has 0 spiro atoms. The molecule has 0 unspecified atom stereocenters. The second kappa shape index (κ2) is 6.06. The highest BCUT2D eigenvalue weighted by molar-refractivity contribution is 5.31. The van der Waals surface area contributed by atoms with Crippen LogP contribution in [-0.2, 0) is 0 Å². The maximum absolute atomic E-state index is 5.75. The van der Waals surface area contributed by atoms with Crippen molar-refractivity contribution >= 4 is 0 Å². The summed E-state index contributed by atoms with van der Waals surface area (Å²) in [4.78, 5) is 0. The minimum absolute atomic E-state index is 0.514. The molecule has 1 aliphatic heterocycles. The molecule has 1 aliphatic rings. The van der Waals surface area contributed by atoms with Crippen molar-refractivity contribution in [3.8, 4) is 5.75 Å². The molecule has 0 radical (unpaired) electrons. The Kier molecular flexibility index (Phi) is 4.43. The summed E-state index contributed by atoms with van der Waals surface area (Å²) in [7, 11) is 0. The normalized spacial score (nSPS) is 23.9. The Labute approximate surface area is 104 Å². The van der Waals surface area contributed by atoms with Crippen molar-refractivity contribution in [2.24, 2.45) is 5.92 Å². The van der Waals surface area contributed by atoms with Gasteiger partial charge in [-0.2, -0.15) is 0 Å². The SMILES string of the molecule is CCCCOc1cccc([C@@H]2C[C@@H](C)CN2)c1. The lowest BCUT2D eigenvalue weighted by Crippen LogP contribution is -2.13. The van der Waals surface area contributed by atoms with Crippen LogP contribution in [0, 0.1) is 5.92 Å². The van der Waals surface area contributed by atoms with Crippen LogP contribution in [0.1, 0.15) is 44.7 Å². The molecule has 94 valence electrons. The van der Waals surface area contributed by atoms with E-state index >= 15 is 0 Å². The van der Waals surface area contributed by atoms with Gasteiger partial charge in [-0.05, 0) is 43.0 Å². The van der Waals surface area contributed by atoms with Crippen LogP contribution in [0.5, 0.6) is 5.75 Å². The van der Waals surface area contributed by atoms with Gasteiger partial charge in [-0.15, -0.1) is 0 Å². The molecule has 1 heterocycles. The van der Waals surface area contributed by atoms with Crippen LogP contribution in [0.4, 0.5) is 0 Å². The predicted octanol–water partition coefficient (Wildman–Crippen LogP) is 3.54. The van der Waals surface area contributed by atoms with Gasteiger partial charge in [0.1, 0.15) is 5.75 Å². The zero-order valence-corrected chi connectivity index (χ0v) is 10.9. The molecule has 1 fully saturated rings. The highest BCUT2D eigenvalue weighted by Gasteiger charge is 2.21. The van der Waals surface area contributed by atoms with Gasteiger partial charge < -0.3 is 10.1 Å². The first-order valence-corrected chi connectivity index (χ1v) is 6.75. The van der Waals surface area contributed by atoms with E-state index < -0.39 is 0 Å². The Hall–Kier alpha value is -1.02. The third-order valence-corrected chi connectivity index (χ3v) is 3.38. The molecule has 0 aromatic heterocycles. The van der Waals surface area contributed by atoms with E-state index in [4.69, 9.17) is 4.74 Å². The third-order valence-electron chi connectivity index (χ3n) is 3.38. The second-order valence-corrected chi connectivity index (χ2v) is 5.08. The topological polar surface area (TPSA) is 21.3 Å². The van der Waals surface area contributed by atoms with Gasteiger partial charge in [0.25, 0.3) is 0 Å². The number of ether oxygens (including phenoxy) is 1. The van der Waals surface area contributed by atoms with Gasteiger partial charge in [0, 0.05) is 6.04 Å². The van der Waals surface area contributed by atoms with E-state index in [2.05, 4.69) is 43.4 Å². The number of rotatable bonds is 5. The van der Waals surface area contributed by atoms with Crippen molar-refractivity contribution in [2.45, 2.75) is 39.2 Å². The molecule has 17 heavy (non-hydrogen) atoms. The number of hydrogen-bond donors (Lipinski definition) is 1. The summed E-state index contributed by atoms with van der Waals surface area (Å²) < 4.78 is 5.75. The van der Waals surface area contributed by atoms with E-state index in [1.165, 1.54) is 18.4 Å². The molecule has 1 N–H and O–H groups in total. The minimum Gasteiger partial charge on any atom is -0.494 e. The van der Waals surface area contributed by atoms with Crippen LogP contribution in [0.2, 0.25) is 0 Å². The Morgan fingerprint density at radius 1 is 1.41 bits per heavy atom. The quantitative estimate of drug-likeness (QED) is 0.785. The monoisotopic (exact) mass is 233 g/mol. The van der Waals surface area contributed by atoms with E-state index in [9.17, 15) is 0 Å². The van der Waals surface area contributed by atoms with Gasteiger partial charge in [-0.1, -0.05) is 32.4 Å². The summed E-state index contributed by atoms with van der Waals surface area (Å²) in [6.07, 6.45) is 3.54. The van der Waals surface area contributed by atoms with Crippen LogP contribution >= 0.6 is 0 Å². The summed E-state index contributed by atoms with van der Waals surface area (Å²) in [5, 5.41) is 3.56. The molecule has 2 rings (SSSR count). The second-order valence-electron chi connectivity index (χ2n) is 5.08. The largest absolute Gasteiger partial charge is 0.494 e. The molecular weight excluding hydrogens is 210 g/mol. The minimum atomic E-state index is 0.514. The summed E-state index contributed by atoms with van der Waals surface area (Å²) in [5.74, 6) is 1.79. The fraction of sp³-hybridized carbons (Fsp3) is 0.600. The van der Waals surface area contributed by atoms with Gasteiger partial charge in [0.15, 0.2) is 0 Å². The number of hydrogen-bond acceptors (Lipinski definition) is 2. The lowest BCUT2D eigenvalue weighted by Gasteiger charge is -2.13. The summed E-state index contributed by atoms with van der Waals surface area (Å²) >= 11 is 0. The maximum atomic E-state index is 5.75. The van der Waals surface area contributed by atoms with Gasteiger partial charge in [-0.25, -0.2) is 0 Å². The van der Waals surface area contributed by atoms with Crippen LogP contribution in [0.15, 0.2) is 24.3 Å². The standard InChI is InChI=1S/C15H23NO/c1-3-4-8-17-14-7-5-6-13(10-14)15-9-12(2)11-16-15/h5-7,10,12,15-16H,3-4,8-9,11H2,1-2H3/t12-,15+/m1/s1. The van der Waals surface area contributed by atoms with Crippen molar-refractivity contribution in [3.63, 3.8) is 0 Å². The smallest absolute Gasteiger partial charge is 0.119 e. The molecule has 0 saturated carbocycles. The molecule has 0 amide bonds. The lowest BCUT2D eigenvalue weighted by atomic mass is 10.0. The summed E-state index contributed by atoms with van der Waals surface area (Å²) in [5.41, 5.74) is 1.36. The molecule has 1 aromatic rings. The van der Waals surface area contributed by atoms with E-state index in [-0.39, 0.29) is 0 Å². The average Bonchev–Trinajstić information content (AvgIpc) is 2.77. The number of benzene rings is 1. The summed E-state index contributed by atoms with van der Waals surface area (Å²) in [6, 6.07) is 9.05. The van der Waals surface area contributed by atoms with E-state index in [0.29, 0.717) is 6.04 Å². The van der Waals surface area contributed by atoms with Crippen molar-refractivity contribution in [1.29, 1.82) is 0 Å². The predicted molar refractivity (Wildman–Crippen MR) is 71.4 cm³/mol. The average molecular weight is 233 g/mol.